The zero-order chi connectivity index (χ0) is 32.7. The highest BCUT2D eigenvalue weighted by Crippen LogP contribution is 2.27. The van der Waals surface area contributed by atoms with Gasteiger partial charge in [0.15, 0.2) is 5.69 Å². The Kier molecular flexibility index (Phi) is 10.2. The Hall–Kier alpha value is -4.88. The van der Waals surface area contributed by atoms with E-state index in [4.69, 9.17) is 4.74 Å². The standard InChI is InChI=1S/C32H35F3N6O5/c33-32(34,35)27-13-17-40(39-27)15-7-14-36-30(44)24-19-28(42)37-25(18-21-8-2-1-3-9-21)31(45)41-16-6-10-22(41)20-46-26-12-5-4-11-23(26)29(43)38-24/h1-5,8-9,11-13,17,22,24-25H,6-7,10,14-16,18-20H2,(H,36,44)(H,37,42)(H,38,43)/t22-,24+,25+/m1/s1. The van der Waals surface area contributed by atoms with Crippen LogP contribution in [0.2, 0.25) is 0 Å². The number of nitrogens with zero attached hydrogens (tertiary/aromatic N) is 3. The van der Waals surface area contributed by atoms with E-state index in [-0.39, 0.29) is 55.8 Å². The van der Waals surface area contributed by atoms with Gasteiger partial charge >= 0.3 is 6.18 Å². The van der Waals surface area contributed by atoms with Crippen molar-refractivity contribution in [3.63, 3.8) is 0 Å². The fourth-order valence-electron chi connectivity index (χ4n) is 5.61. The van der Waals surface area contributed by atoms with Crippen LogP contribution >= 0.6 is 0 Å². The summed E-state index contributed by atoms with van der Waals surface area (Å²) in [6, 6.07) is 14.1. The quantitative estimate of drug-likeness (QED) is 0.340. The van der Waals surface area contributed by atoms with Crippen molar-refractivity contribution in [2.24, 2.45) is 0 Å². The number of para-hydroxylation sites is 1. The number of aryl methyl sites for hydroxylation is 1. The van der Waals surface area contributed by atoms with Gasteiger partial charge < -0.3 is 25.6 Å². The van der Waals surface area contributed by atoms with Gasteiger partial charge in [-0.25, -0.2) is 0 Å². The fraction of sp³-hybridized carbons (Fsp3) is 0.406. The van der Waals surface area contributed by atoms with Gasteiger partial charge in [-0.05, 0) is 43.0 Å². The number of aromatic nitrogens is 2. The number of fused-ring (bicyclic) bond motifs is 2. The second-order valence-corrected chi connectivity index (χ2v) is 11.3. The summed E-state index contributed by atoms with van der Waals surface area (Å²) in [6.45, 7) is 0.780. The van der Waals surface area contributed by atoms with Gasteiger partial charge in [0, 0.05) is 32.3 Å². The zero-order valence-electron chi connectivity index (χ0n) is 25.0. The van der Waals surface area contributed by atoms with Crippen LogP contribution in [-0.4, -0.2) is 76.1 Å². The monoisotopic (exact) mass is 640 g/mol. The summed E-state index contributed by atoms with van der Waals surface area (Å²) in [6.07, 6.45) is -1.89. The number of benzene rings is 2. The predicted molar refractivity (Wildman–Crippen MR) is 159 cm³/mol. The predicted octanol–water partition coefficient (Wildman–Crippen LogP) is 2.71. The first-order chi connectivity index (χ1) is 22.1. The van der Waals surface area contributed by atoms with Gasteiger partial charge in [0.25, 0.3) is 5.91 Å². The lowest BCUT2D eigenvalue weighted by atomic mass is 10.0. The van der Waals surface area contributed by atoms with Crippen molar-refractivity contribution in [3.05, 3.63) is 83.7 Å². The Bertz CT molecular complexity index is 1550. The molecule has 0 saturated carbocycles. The largest absolute Gasteiger partial charge is 0.491 e. The molecule has 1 fully saturated rings. The third-order valence-electron chi connectivity index (χ3n) is 7.94. The molecule has 0 spiro atoms. The molecule has 0 unspecified atom stereocenters. The van der Waals surface area contributed by atoms with Crippen molar-refractivity contribution < 1.29 is 37.1 Å². The molecular formula is C32H35F3N6O5. The number of carbonyl (C=O) groups is 4. The lowest BCUT2D eigenvalue weighted by molar-refractivity contribution is -0.141. The summed E-state index contributed by atoms with van der Waals surface area (Å²) >= 11 is 0. The number of hydrogen-bond donors (Lipinski definition) is 3. The topological polar surface area (TPSA) is 135 Å². The Morgan fingerprint density at radius 2 is 1.78 bits per heavy atom. The van der Waals surface area contributed by atoms with Gasteiger partial charge in [0.2, 0.25) is 17.7 Å². The molecule has 2 aliphatic rings. The molecule has 46 heavy (non-hydrogen) atoms. The fourth-order valence-corrected chi connectivity index (χ4v) is 5.61. The normalized spacial score (nSPS) is 20.9. The highest BCUT2D eigenvalue weighted by Gasteiger charge is 2.36. The number of amides is 4. The number of hydrogen-bond acceptors (Lipinski definition) is 6. The molecule has 0 bridgehead atoms. The lowest BCUT2D eigenvalue weighted by Gasteiger charge is -2.30. The summed E-state index contributed by atoms with van der Waals surface area (Å²) in [5.74, 6) is -1.89. The third-order valence-corrected chi connectivity index (χ3v) is 7.94. The number of halogens is 3. The van der Waals surface area contributed by atoms with Crippen LogP contribution in [-0.2, 0) is 33.5 Å². The number of ether oxygens (including phenoxy) is 1. The van der Waals surface area contributed by atoms with Crippen LogP contribution in [0.4, 0.5) is 13.2 Å². The van der Waals surface area contributed by atoms with Crippen molar-refractivity contribution in [1.29, 1.82) is 0 Å². The van der Waals surface area contributed by atoms with Crippen LogP contribution in [0.25, 0.3) is 0 Å². The van der Waals surface area contributed by atoms with Gasteiger partial charge in [-0.2, -0.15) is 18.3 Å². The molecule has 3 heterocycles. The van der Waals surface area contributed by atoms with Gasteiger partial charge in [-0.3, -0.25) is 23.9 Å². The van der Waals surface area contributed by atoms with E-state index in [0.717, 1.165) is 22.7 Å². The molecule has 14 heteroatoms. The maximum atomic E-state index is 13.8. The van der Waals surface area contributed by atoms with Crippen LogP contribution in [0.15, 0.2) is 66.9 Å². The van der Waals surface area contributed by atoms with Crippen molar-refractivity contribution in [2.75, 3.05) is 19.7 Å². The lowest BCUT2D eigenvalue weighted by Crippen LogP contribution is -2.54. The van der Waals surface area contributed by atoms with Crippen LogP contribution in [0.1, 0.15) is 47.3 Å². The molecule has 0 radical (unpaired) electrons. The Morgan fingerprint density at radius 3 is 2.54 bits per heavy atom. The molecule has 1 aromatic heterocycles. The first-order valence-corrected chi connectivity index (χ1v) is 15.1. The van der Waals surface area contributed by atoms with Gasteiger partial charge in [0.05, 0.1) is 18.0 Å². The first-order valence-electron chi connectivity index (χ1n) is 15.1. The minimum atomic E-state index is -4.56. The summed E-state index contributed by atoms with van der Waals surface area (Å²) < 4.78 is 45.7. The molecule has 3 atom stereocenters. The molecular weight excluding hydrogens is 605 g/mol. The van der Waals surface area contributed by atoms with Gasteiger partial charge in [-0.15, -0.1) is 0 Å². The highest BCUT2D eigenvalue weighted by molar-refractivity contribution is 6.01. The minimum absolute atomic E-state index is 0.0409. The average Bonchev–Trinajstić information content (AvgIpc) is 3.71. The smallest absolute Gasteiger partial charge is 0.435 e. The Balaban J connectivity index is 1.33. The second-order valence-electron chi connectivity index (χ2n) is 11.3. The number of alkyl halides is 3. The molecule has 5 rings (SSSR count). The van der Waals surface area contributed by atoms with E-state index in [1.165, 1.54) is 12.3 Å². The SMILES string of the molecule is O=C1C[C@@H](C(=O)NCCCn2ccc(C(F)(F)F)n2)NC(=O)c2ccccc2OC[C@H]2CCCN2C(=O)[C@H](Cc2ccccc2)N1. The van der Waals surface area contributed by atoms with Crippen molar-refractivity contribution in [1.82, 2.24) is 30.6 Å². The second kappa shape index (κ2) is 14.5. The van der Waals surface area contributed by atoms with Gasteiger partial charge in [-0.1, -0.05) is 42.5 Å². The van der Waals surface area contributed by atoms with E-state index < -0.39 is 48.1 Å². The number of carbonyl (C=O) groups excluding carboxylic acids is 4. The molecule has 0 aliphatic carbocycles. The molecule has 1 saturated heterocycles. The van der Waals surface area contributed by atoms with E-state index in [2.05, 4.69) is 21.0 Å². The Labute approximate surface area is 263 Å². The third kappa shape index (κ3) is 8.23. The maximum absolute atomic E-state index is 13.8. The molecule has 11 nitrogen and oxygen atoms in total. The van der Waals surface area contributed by atoms with Crippen LogP contribution in [0.3, 0.4) is 0 Å². The zero-order valence-corrected chi connectivity index (χ0v) is 25.0. The number of nitrogens with one attached hydrogen (secondary N) is 3. The molecule has 4 amide bonds. The molecule has 2 aromatic carbocycles. The molecule has 244 valence electrons. The van der Waals surface area contributed by atoms with Crippen LogP contribution in [0.5, 0.6) is 5.75 Å². The number of rotatable bonds is 7. The summed E-state index contributed by atoms with van der Waals surface area (Å²) in [4.78, 5) is 55.7. The van der Waals surface area contributed by atoms with E-state index in [9.17, 15) is 32.3 Å². The van der Waals surface area contributed by atoms with E-state index in [1.54, 1.807) is 23.1 Å². The van der Waals surface area contributed by atoms with Crippen LogP contribution < -0.4 is 20.7 Å². The summed E-state index contributed by atoms with van der Waals surface area (Å²) in [5, 5.41) is 11.6. The molecule has 3 N–H and O–H groups in total. The summed E-state index contributed by atoms with van der Waals surface area (Å²) in [5.41, 5.74) is -0.0152. The molecule has 2 aliphatic heterocycles. The summed E-state index contributed by atoms with van der Waals surface area (Å²) in [7, 11) is 0. The van der Waals surface area contributed by atoms with E-state index in [0.29, 0.717) is 13.0 Å². The Morgan fingerprint density at radius 1 is 1.02 bits per heavy atom. The van der Waals surface area contributed by atoms with Crippen LogP contribution in [0, 0.1) is 0 Å². The van der Waals surface area contributed by atoms with Crippen molar-refractivity contribution in [3.8, 4) is 5.75 Å². The maximum Gasteiger partial charge on any atom is 0.435 e. The van der Waals surface area contributed by atoms with Crippen molar-refractivity contribution >= 4 is 23.6 Å². The highest BCUT2D eigenvalue weighted by atomic mass is 19.4. The van der Waals surface area contributed by atoms with Gasteiger partial charge in [0.1, 0.15) is 24.4 Å². The van der Waals surface area contributed by atoms with E-state index in [1.807, 2.05) is 30.3 Å². The minimum Gasteiger partial charge on any atom is -0.491 e. The first kappa shape index (κ1) is 32.5. The van der Waals surface area contributed by atoms with Crippen molar-refractivity contribution in [2.45, 2.75) is 63.0 Å². The average molecular weight is 641 g/mol. The molecule has 3 aromatic rings. The van der Waals surface area contributed by atoms with E-state index >= 15 is 0 Å².